The summed E-state index contributed by atoms with van der Waals surface area (Å²) in [5.41, 5.74) is 1.14. The molecule has 0 atom stereocenters. The van der Waals surface area contributed by atoms with E-state index in [4.69, 9.17) is 37.2 Å². The number of aromatic nitrogens is 2. The number of hydrogen-bond donors (Lipinski definition) is 1. The third-order valence-electron chi connectivity index (χ3n) is 3.91. The van der Waals surface area contributed by atoms with Crippen LogP contribution in [0.4, 0.5) is 5.69 Å². The molecule has 1 amide bonds. The fourth-order valence-corrected chi connectivity index (χ4v) is 2.95. The monoisotopic (exact) mass is 461 g/mol. The number of carbonyl (C=O) groups excluding carboxylic acids is 2. The average molecular weight is 462 g/mol. The van der Waals surface area contributed by atoms with Crippen molar-refractivity contribution in [1.29, 1.82) is 0 Å². The summed E-state index contributed by atoms with van der Waals surface area (Å²) in [7, 11) is 1.51. The molecular formula is C21H17Cl2N3O5. The van der Waals surface area contributed by atoms with Crippen molar-refractivity contribution in [3.8, 4) is 5.75 Å². The smallest absolute Gasteiger partial charge is 0.331 e. The number of anilines is 1. The van der Waals surface area contributed by atoms with Gasteiger partial charge in [0.15, 0.2) is 12.4 Å². The second-order valence-corrected chi connectivity index (χ2v) is 6.98. The third kappa shape index (κ3) is 6.56. The Kier molecular flexibility index (Phi) is 7.64. The SMILES string of the molecule is COc1ccccc1NC(=O)Cc1noc(COC(=O)/C=C/c2ccc(Cl)cc2Cl)n1. The van der Waals surface area contributed by atoms with Gasteiger partial charge in [-0.3, -0.25) is 4.79 Å². The zero-order valence-electron chi connectivity index (χ0n) is 16.3. The number of para-hydroxylation sites is 2. The van der Waals surface area contributed by atoms with Crippen molar-refractivity contribution in [1.82, 2.24) is 10.1 Å². The normalized spacial score (nSPS) is 10.8. The van der Waals surface area contributed by atoms with E-state index in [1.165, 1.54) is 19.3 Å². The fraction of sp³-hybridized carbons (Fsp3) is 0.143. The maximum absolute atomic E-state index is 12.2. The van der Waals surface area contributed by atoms with Gasteiger partial charge in [0.1, 0.15) is 5.75 Å². The summed E-state index contributed by atoms with van der Waals surface area (Å²) in [6.07, 6.45) is 2.60. The molecule has 31 heavy (non-hydrogen) atoms. The molecule has 0 spiro atoms. The van der Waals surface area contributed by atoms with Crippen molar-refractivity contribution < 1.29 is 23.6 Å². The Labute approximate surface area is 187 Å². The van der Waals surface area contributed by atoms with E-state index in [1.54, 1.807) is 42.5 Å². The summed E-state index contributed by atoms with van der Waals surface area (Å²) in [4.78, 5) is 28.1. The molecule has 3 rings (SSSR count). The van der Waals surface area contributed by atoms with Crippen molar-refractivity contribution >= 4 is 46.8 Å². The van der Waals surface area contributed by atoms with Crippen LogP contribution >= 0.6 is 23.2 Å². The van der Waals surface area contributed by atoms with Crippen LogP contribution in [0.5, 0.6) is 5.75 Å². The highest BCUT2D eigenvalue weighted by molar-refractivity contribution is 6.35. The quantitative estimate of drug-likeness (QED) is 0.393. The molecule has 10 heteroatoms. The zero-order chi connectivity index (χ0) is 22.2. The first-order chi connectivity index (χ1) is 14.9. The number of halogens is 2. The number of amides is 1. The number of methoxy groups -OCH3 is 1. The van der Waals surface area contributed by atoms with E-state index in [-0.39, 0.29) is 30.7 Å². The second kappa shape index (κ2) is 10.6. The van der Waals surface area contributed by atoms with Gasteiger partial charge in [0.2, 0.25) is 5.91 Å². The summed E-state index contributed by atoms with van der Waals surface area (Å²) in [5.74, 6) is -0.228. The molecular weight excluding hydrogens is 445 g/mol. The molecule has 0 radical (unpaired) electrons. The van der Waals surface area contributed by atoms with Crippen LogP contribution < -0.4 is 10.1 Å². The van der Waals surface area contributed by atoms with Crippen molar-refractivity contribution in [2.24, 2.45) is 0 Å². The van der Waals surface area contributed by atoms with E-state index >= 15 is 0 Å². The first-order valence-corrected chi connectivity index (χ1v) is 9.74. The number of rotatable bonds is 8. The number of ether oxygens (including phenoxy) is 2. The molecule has 0 aliphatic heterocycles. The van der Waals surface area contributed by atoms with Gasteiger partial charge in [-0.15, -0.1) is 0 Å². The van der Waals surface area contributed by atoms with Gasteiger partial charge in [0, 0.05) is 16.1 Å². The van der Waals surface area contributed by atoms with Crippen LogP contribution in [-0.4, -0.2) is 29.1 Å². The Hall–Kier alpha value is -3.36. The molecule has 0 aliphatic carbocycles. The van der Waals surface area contributed by atoms with Gasteiger partial charge in [0.25, 0.3) is 5.89 Å². The molecule has 8 nitrogen and oxygen atoms in total. The molecule has 1 heterocycles. The van der Waals surface area contributed by atoms with Crippen LogP contribution in [0.1, 0.15) is 17.3 Å². The first-order valence-electron chi connectivity index (χ1n) is 8.99. The van der Waals surface area contributed by atoms with E-state index in [9.17, 15) is 9.59 Å². The molecule has 0 bridgehead atoms. The Morgan fingerprint density at radius 2 is 2.00 bits per heavy atom. The molecule has 0 saturated heterocycles. The average Bonchev–Trinajstić information content (AvgIpc) is 3.19. The van der Waals surface area contributed by atoms with Gasteiger partial charge in [-0.25, -0.2) is 4.79 Å². The minimum atomic E-state index is -0.625. The zero-order valence-corrected chi connectivity index (χ0v) is 17.8. The van der Waals surface area contributed by atoms with E-state index in [2.05, 4.69) is 15.5 Å². The van der Waals surface area contributed by atoms with E-state index in [0.29, 0.717) is 27.0 Å². The molecule has 1 aromatic heterocycles. The van der Waals surface area contributed by atoms with Crippen LogP contribution in [0, 0.1) is 0 Å². The lowest BCUT2D eigenvalue weighted by Crippen LogP contribution is -2.15. The Bertz CT molecular complexity index is 1110. The van der Waals surface area contributed by atoms with Crippen LogP contribution in [0.15, 0.2) is 53.1 Å². The number of esters is 1. The molecule has 0 unspecified atom stereocenters. The van der Waals surface area contributed by atoms with Crippen LogP contribution in [-0.2, 0) is 27.4 Å². The lowest BCUT2D eigenvalue weighted by Gasteiger charge is -2.08. The standard InChI is InChI=1S/C21H17Cl2N3O5/c1-29-17-5-3-2-4-16(17)24-19(27)11-18-25-20(31-26-18)12-30-21(28)9-7-13-6-8-14(22)10-15(13)23/h2-10H,11-12H2,1H3,(H,24,27)/b9-7+. The number of nitrogens with zero attached hydrogens (tertiary/aromatic N) is 2. The highest BCUT2D eigenvalue weighted by atomic mass is 35.5. The van der Waals surface area contributed by atoms with E-state index < -0.39 is 5.97 Å². The highest BCUT2D eigenvalue weighted by Crippen LogP contribution is 2.23. The summed E-state index contributed by atoms with van der Waals surface area (Å²) in [6, 6.07) is 11.9. The number of nitrogens with one attached hydrogen (secondary N) is 1. The van der Waals surface area contributed by atoms with Crippen molar-refractivity contribution in [3.05, 3.63) is 75.9 Å². The van der Waals surface area contributed by atoms with Gasteiger partial charge in [-0.1, -0.05) is 46.6 Å². The number of carbonyl (C=O) groups is 2. The minimum absolute atomic E-state index is 0.0615. The van der Waals surface area contributed by atoms with Gasteiger partial charge in [-0.05, 0) is 35.9 Å². The number of benzene rings is 2. The third-order valence-corrected chi connectivity index (χ3v) is 4.47. The van der Waals surface area contributed by atoms with Gasteiger partial charge in [-0.2, -0.15) is 4.98 Å². The molecule has 0 saturated carbocycles. The van der Waals surface area contributed by atoms with Crippen LogP contribution in [0.2, 0.25) is 10.0 Å². The van der Waals surface area contributed by atoms with E-state index in [1.807, 2.05) is 0 Å². The van der Waals surface area contributed by atoms with Gasteiger partial charge < -0.3 is 19.3 Å². The lowest BCUT2D eigenvalue weighted by atomic mass is 10.2. The summed E-state index contributed by atoms with van der Waals surface area (Å²) >= 11 is 11.9. The molecule has 160 valence electrons. The fourth-order valence-electron chi connectivity index (χ4n) is 2.48. The summed E-state index contributed by atoms with van der Waals surface area (Å²) in [6.45, 7) is -0.237. The molecule has 0 aliphatic rings. The second-order valence-electron chi connectivity index (χ2n) is 6.14. The van der Waals surface area contributed by atoms with Gasteiger partial charge >= 0.3 is 5.97 Å². The van der Waals surface area contributed by atoms with Crippen LogP contribution in [0.3, 0.4) is 0 Å². The van der Waals surface area contributed by atoms with Gasteiger partial charge in [0.05, 0.1) is 19.2 Å². The minimum Gasteiger partial charge on any atom is -0.495 e. The number of hydrogen-bond acceptors (Lipinski definition) is 7. The topological polar surface area (TPSA) is 104 Å². The lowest BCUT2D eigenvalue weighted by molar-refractivity contribution is -0.139. The Morgan fingerprint density at radius 3 is 2.77 bits per heavy atom. The predicted molar refractivity (Wildman–Crippen MR) is 115 cm³/mol. The first kappa shape index (κ1) is 22.3. The maximum atomic E-state index is 12.2. The molecule has 3 aromatic rings. The predicted octanol–water partition coefficient (Wildman–Crippen LogP) is 4.32. The van der Waals surface area contributed by atoms with Crippen molar-refractivity contribution in [2.45, 2.75) is 13.0 Å². The van der Waals surface area contributed by atoms with Crippen molar-refractivity contribution in [3.63, 3.8) is 0 Å². The van der Waals surface area contributed by atoms with Crippen LogP contribution in [0.25, 0.3) is 6.08 Å². The molecule has 0 fully saturated rings. The highest BCUT2D eigenvalue weighted by Gasteiger charge is 2.14. The molecule has 2 aromatic carbocycles. The summed E-state index contributed by atoms with van der Waals surface area (Å²) in [5, 5.41) is 7.33. The van der Waals surface area contributed by atoms with Crippen molar-refractivity contribution in [2.75, 3.05) is 12.4 Å². The largest absolute Gasteiger partial charge is 0.495 e. The Balaban J connectivity index is 1.49. The van der Waals surface area contributed by atoms with E-state index in [0.717, 1.165) is 0 Å². The maximum Gasteiger partial charge on any atom is 0.331 e. The Morgan fingerprint density at radius 1 is 1.19 bits per heavy atom. The molecule has 1 N–H and O–H groups in total. The summed E-state index contributed by atoms with van der Waals surface area (Å²) < 4.78 is 15.2.